The molecule has 31 heavy (non-hydrogen) atoms. The first kappa shape index (κ1) is 23.7. The van der Waals surface area contributed by atoms with Crippen LogP contribution in [0.25, 0.3) is 11.1 Å². The molecule has 3 rings (SSSR count). The summed E-state index contributed by atoms with van der Waals surface area (Å²) in [6.45, 7) is 5.82. The number of rotatable bonds is 11. The zero-order valence-electron chi connectivity index (χ0n) is 18.7. The predicted molar refractivity (Wildman–Crippen MR) is 119 cm³/mol. The molecule has 0 N–H and O–H groups in total. The maximum absolute atomic E-state index is 14.6. The molecule has 0 amide bonds. The number of ether oxygens (including phenoxy) is 3. The summed E-state index contributed by atoms with van der Waals surface area (Å²) in [5.41, 5.74) is 1.82. The SMILES string of the molecule is CCCCOc1ccc(-c2ccc(COC3CCC(CCCC)CO3)cc2)c(F)c1F. The fourth-order valence-corrected chi connectivity index (χ4v) is 3.80. The van der Waals surface area contributed by atoms with Crippen LogP contribution in [-0.2, 0) is 16.1 Å². The van der Waals surface area contributed by atoms with Crippen LogP contribution in [0.4, 0.5) is 8.78 Å². The van der Waals surface area contributed by atoms with Gasteiger partial charge in [0.25, 0.3) is 0 Å². The molecule has 2 aromatic rings. The van der Waals surface area contributed by atoms with Crippen LogP contribution in [0.2, 0.25) is 0 Å². The van der Waals surface area contributed by atoms with E-state index in [1.165, 1.54) is 25.3 Å². The molecule has 1 aliphatic heterocycles. The summed E-state index contributed by atoms with van der Waals surface area (Å²) in [7, 11) is 0. The molecule has 0 aliphatic carbocycles. The molecule has 2 unspecified atom stereocenters. The van der Waals surface area contributed by atoms with Gasteiger partial charge in [-0.1, -0.05) is 57.4 Å². The number of benzene rings is 2. The minimum absolute atomic E-state index is 0.0378. The third-order valence-electron chi connectivity index (χ3n) is 5.80. The quantitative estimate of drug-likeness (QED) is 0.350. The lowest BCUT2D eigenvalue weighted by Crippen LogP contribution is -2.28. The Morgan fingerprint density at radius 3 is 2.39 bits per heavy atom. The van der Waals surface area contributed by atoms with Crippen molar-refractivity contribution in [1.82, 2.24) is 0 Å². The molecule has 2 aromatic carbocycles. The van der Waals surface area contributed by atoms with Gasteiger partial charge in [0.05, 0.1) is 19.8 Å². The van der Waals surface area contributed by atoms with Crippen molar-refractivity contribution in [3.05, 3.63) is 53.6 Å². The van der Waals surface area contributed by atoms with Crippen molar-refractivity contribution in [3.63, 3.8) is 0 Å². The molecule has 1 aliphatic rings. The second kappa shape index (κ2) is 12.2. The summed E-state index contributed by atoms with van der Waals surface area (Å²) in [5.74, 6) is -1.21. The summed E-state index contributed by atoms with van der Waals surface area (Å²) in [5, 5.41) is 0. The largest absolute Gasteiger partial charge is 0.490 e. The van der Waals surface area contributed by atoms with E-state index in [0.717, 1.165) is 37.9 Å². The van der Waals surface area contributed by atoms with Gasteiger partial charge in [-0.05, 0) is 54.9 Å². The highest BCUT2D eigenvalue weighted by molar-refractivity contribution is 5.65. The van der Waals surface area contributed by atoms with Crippen LogP contribution in [0, 0.1) is 17.6 Å². The molecule has 0 radical (unpaired) electrons. The maximum atomic E-state index is 14.6. The van der Waals surface area contributed by atoms with Crippen molar-refractivity contribution in [3.8, 4) is 16.9 Å². The minimum atomic E-state index is -0.937. The molecule has 0 bridgehead atoms. The van der Waals surface area contributed by atoms with E-state index in [9.17, 15) is 8.78 Å². The van der Waals surface area contributed by atoms with Gasteiger partial charge in [0, 0.05) is 5.56 Å². The molecule has 170 valence electrons. The topological polar surface area (TPSA) is 27.7 Å². The van der Waals surface area contributed by atoms with E-state index in [4.69, 9.17) is 14.2 Å². The normalized spacial score (nSPS) is 18.8. The maximum Gasteiger partial charge on any atom is 0.201 e. The molecule has 0 spiro atoms. The monoisotopic (exact) mass is 432 g/mol. The standard InChI is InChI=1S/C26H34F2O3/c1-3-5-7-19-10-15-24(30-17-19)31-18-20-8-11-21(12-9-20)22-13-14-23(26(28)25(22)27)29-16-6-4-2/h8-9,11-14,19,24H,3-7,10,15-18H2,1-2H3. The second-order valence-corrected chi connectivity index (χ2v) is 8.30. The third kappa shape index (κ3) is 6.75. The third-order valence-corrected chi connectivity index (χ3v) is 5.80. The van der Waals surface area contributed by atoms with E-state index in [0.29, 0.717) is 24.7 Å². The predicted octanol–water partition coefficient (Wildman–Crippen LogP) is 7.27. The van der Waals surface area contributed by atoms with Crippen LogP contribution in [0.15, 0.2) is 36.4 Å². The van der Waals surface area contributed by atoms with Crippen molar-refractivity contribution in [1.29, 1.82) is 0 Å². The Morgan fingerprint density at radius 2 is 1.71 bits per heavy atom. The molecule has 3 nitrogen and oxygen atoms in total. The minimum Gasteiger partial charge on any atom is -0.490 e. The Labute approximate surface area is 184 Å². The van der Waals surface area contributed by atoms with E-state index >= 15 is 0 Å². The molecule has 5 heteroatoms. The van der Waals surface area contributed by atoms with Gasteiger partial charge < -0.3 is 14.2 Å². The van der Waals surface area contributed by atoms with Crippen molar-refractivity contribution >= 4 is 0 Å². The van der Waals surface area contributed by atoms with E-state index < -0.39 is 11.6 Å². The molecular weight excluding hydrogens is 398 g/mol. The molecule has 1 fully saturated rings. The van der Waals surface area contributed by atoms with Gasteiger partial charge in [0.15, 0.2) is 17.9 Å². The van der Waals surface area contributed by atoms with Crippen molar-refractivity contribution in [2.75, 3.05) is 13.2 Å². The van der Waals surface area contributed by atoms with Gasteiger partial charge >= 0.3 is 0 Å². The van der Waals surface area contributed by atoms with Crippen LogP contribution in [0.1, 0.15) is 64.4 Å². The van der Waals surface area contributed by atoms with Gasteiger partial charge in [0.2, 0.25) is 5.82 Å². The highest BCUT2D eigenvalue weighted by Crippen LogP contribution is 2.30. The fourth-order valence-electron chi connectivity index (χ4n) is 3.80. The lowest BCUT2D eigenvalue weighted by molar-refractivity contribution is -0.182. The highest BCUT2D eigenvalue weighted by Gasteiger charge is 2.22. The van der Waals surface area contributed by atoms with Crippen LogP contribution in [-0.4, -0.2) is 19.5 Å². The van der Waals surface area contributed by atoms with Gasteiger partial charge in [-0.3, -0.25) is 0 Å². The fraction of sp³-hybridized carbons (Fsp3) is 0.538. The Hall–Kier alpha value is -1.98. The van der Waals surface area contributed by atoms with Crippen LogP contribution in [0.5, 0.6) is 5.75 Å². The average molecular weight is 433 g/mol. The number of hydrogen-bond acceptors (Lipinski definition) is 3. The summed E-state index contributed by atoms with van der Waals surface area (Å²) in [6, 6.07) is 10.4. The first-order valence-electron chi connectivity index (χ1n) is 11.6. The number of unbranched alkanes of at least 4 members (excludes halogenated alkanes) is 2. The van der Waals surface area contributed by atoms with Crippen molar-refractivity contribution in [2.45, 2.75) is 71.7 Å². The van der Waals surface area contributed by atoms with E-state index in [-0.39, 0.29) is 17.6 Å². The summed E-state index contributed by atoms with van der Waals surface area (Å²) in [6.07, 6.45) is 7.35. The van der Waals surface area contributed by atoms with Crippen molar-refractivity contribution in [2.24, 2.45) is 5.92 Å². The molecule has 0 saturated carbocycles. The van der Waals surface area contributed by atoms with E-state index in [2.05, 4.69) is 6.92 Å². The molecule has 0 aromatic heterocycles. The Bertz CT molecular complexity index is 799. The van der Waals surface area contributed by atoms with E-state index in [1.807, 2.05) is 19.1 Å². The van der Waals surface area contributed by atoms with Gasteiger partial charge in [0.1, 0.15) is 0 Å². The van der Waals surface area contributed by atoms with Gasteiger partial charge in [-0.2, -0.15) is 4.39 Å². The Kier molecular flexibility index (Phi) is 9.29. The van der Waals surface area contributed by atoms with Gasteiger partial charge in [-0.25, -0.2) is 4.39 Å². The first-order valence-corrected chi connectivity index (χ1v) is 11.6. The zero-order valence-corrected chi connectivity index (χ0v) is 18.7. The molecular formula is C26H34F2O3. The first-order chi connectivity index (χ1) is 15.1. The number of halogens is 2. The summed E-state index contributed by atoms with van der Waals surface area (Å²) in [4.78, 5) is 0. The lowest BCUT2D eigenvalue weighted by Gasteiger charge is -2.29. The zero-order chi connectivity index (χ0) is 22.1. The van der Waals surface area contributed by atoms with E-state index in [1.54, 1.807) is 18.2 Å². The van der Waals surface area contributed by atoms with Crippen LogP contribution < -0.4 is 4.74 Å². The molecule has 2 atom stereocenters. The average Bonchev–Trinajstić information content (AvgIpc) is 2.80. The number of hydrogen-bond donors (Lipinski definition) is 0. The summed E-state index contributed by atoms with van der Waals surface area (Å²) < 4.78 is 46.0. The van der Waals surface area contributed by atoms with Crippen LogP contribution >= 0.6 is 0 Å². The Morgan fingerprint density at radius 1 is 0.935 bits per heavy atom. The molecule has 1 saturated heterocycles. The van der Waals surface area contributed by atoms with Gasteiger partial charge in [-0.15, -0.1) is 0 Å². The summed E-state index contributed by atoms with van der Waals surface area (Å²) >= 11 is 0. The van der Waals surface area contributed by atoms with Crippen molar-refractivity contribution < 1.29 is 23.0 Å². The molecule has 1 heterocycles. The smallest absolute Gasteiger partial charge is 0.201 e. The lowest BCUT2D eigenvalue weighted by atomic mass is 9.96. The Balaban J connectivity index is 1.53. The highest BCUT2D eigenvalue weighted by atomic mass is 19.2. The second-order valence-electron chi connectivity index (χ2n) is 8.30. The van der Waals surface area contributed by atoms with Crippen LogP contribution in [0.3, 0.4) is 0 Å².